The van der Waals surface area contributed by atoms with Gasteiger partial charge in [-0.15, -0.1) is 10.2 Å². The summed E-state index contributed by atoms with van der Waals surface area (Å²) in [4.78, 5) is 25.2. The van der Waals surface area contributed by atoms with Gasteiger partial charge in [-0.05, 0) is 37.1 Å². The Morgan fingerprint density at radius 3 is 2.45 bits per heavy atom. The maximum Gasteiger partial charge on any atom is 0.254 e. The zero-order valence-corrected chi connectivity index (χ0v) is 19.4. The number of halogens is 1. The zero-order valence-electron chi connectivity index (χ0n) is 18.6. The maximum absolute atomic E-state index is 14.1. The molecule has 3 aromatic rings. The van der Waals surface area contributed by atoms with Gasteiger partial charge in [0.1, 0.15) is 5.82 Å². The minimum absolute atomic E-state index is 0.0339. The lowest BCUT2D eigenvalue weighted by molar-refractivity contribution is 0.0917. The fraction of sp³-hybridized carbons (Fsp3) is 0.292. The van der Waals surface area contributed by atoms with Crippen LogP contribution in [0.3, 0.4) is 0 Å². The molecule has 1 amide bonds. The Labute approximate surface area is 196 Å². The molecular formula is C24H24FN5O2S. The number of amides is 1. The van der Waals surface area contributed by atoms with Gasteiger partial charge >= 0.3 is 0 Å². The number of nitrogens with zero attached hydrogens (tertiary/aromatic N) is 4. The predicted molar refractivity (Wildman–Crippen MR) is 123 cm³/mol. The van der Waals surface area contributed by atoms with E-state index in [1.807, 2.05) is 31.4 Å². The van der Waals surface area contributed by atoms with Crippen molar-refractivity contribution in [1.82, 2.24) is 20.1 Å². The molecule has 1 N–H and O–H groups in total. The van der Waals surface area contributed by atoms with Gasteiger partial charge in [0, 0.05) is 12.1 Å². The summed E-state index contributed by atoms with van der Waals surface area (Å²) >= 11 is 1.25. The van der Waals surface area contributed by atoms with Crippen LogP contribution in [-0.4, -0.2) is 32.2 Å². The molecule has 2 aromatic carbocycles. The Kier molecular flexibility index (Phi) is 7.96. The van der Waals surface area contributed by atoms with E-state index in [0.29, 0.717) is 28.7 Å². The summed E-state index contributed by atoms with van der Waals surface area (Å²) in [6.45, 7) is 6.33. The van der Waals surface area contributed by atoms with Crippen LogP contribution in [0.1, 0.15) is 58.9 Å². The third-order valence-electron chi connectivity index (χ3n) is 5.08. The molecule has 7 nitrogen and oxygen atoms in total. The highest BCUT2D eigenvalue weighted by molar-refractivity contribution is 7.99. The molecule has 1 atom stereocenters. The number of rotatable bonds is 9. The first-order chi connectivity index (χ1) is 15.8. The minimum Gasteiger partial charge on any atom is -0.342 e. The number of benzene rings is 2. The van der Waals surface area contributed by atoms with Crippen molar-refractivity contribution >= 4 is 23.5 Å². The van der Waals surface area contributed by atoms with Crippen LogP contribution in [0.25, 0.3) is 0 Å². The van der Waals surface area contributed by atoms with Crippen LogP contribution < -0.4 is 5.32 Å². The molecule has 0 aliphatic carbocycles. The van der Waals surface area contributed by atoms with Crippen molar-refractivity contribution in [1.29, 1.82) is 5.26 Å². The summed E-state index contributed by atoms with van der Waals surface area (Å²) in [5.41, 5.74) is 0.974. The topological polar surface area (TPSA) is 101 Å². The van der Waals surface area contributed by atoms with E-state index < -0.39 is 17.8 Å². The van der Waals surface area contributed by atoms with Crippen molar-refractivity contribution in [2.24, 2.45) is 5.92 Å². The quantitative estimate of drug-likeness (QED) is 0.371. The molecule has 1 heterocycles. The molecule has 33 heavy (non-hydrogen) atoms. The normalized spacial score (nSPS) is 11.8. The van der Waals surface area contributed by atoms with Gasteiger partial charge in [-0.2, -0.15) is 5.26 Å². The minimum atomic E-state index is -0.591. The van der Waals surface area contributed by atoms with Crippen molar-refractivity contribution in [2.75, 3.05) is 5.75 Å². The Morgan fingerprint density at radius 2 is 1.85 bits per heavy atom. The van der Waals surface area contributed by atoms with E-state index in [9.17, 15) is 14.0 Å². The smallest absolute Gasteiger partial charge is 0.254 e. The summed E-state index contributed by atoms with van der Waals surface area (Å²) < 4.78 is 15.9. The third kappa shape index (κ3) is 5.65. The van der Waals surface area contributed by atoms with Gasteiger partial charge in [0.15, 0.2) is 16.8 Å². The number of hydrogen-bond donors (Lipinski definition) is 1. The number of carbonyl (C=O) groups is 2. The van der Waals surface area contributed by atoms with Gasteiger partial charge < -0.3 is 9.88 Å². The lowest BCUT2D eigenvalue weighted by Gasteiger charge is -2.22. The largest absolute Gasteiger partial charge is 0.342 e. The van der Waals surface area contributed by atoms with Crippen molar-refractivity contribution in [3.8, 4) is 6.07 Å². The second-order valence-corrected chi connectivity index (χ2v) is 8.60. The lowest BCUT2D eigenvalue weighted by Crippen LogP contribution is -2.34. The molecule has 0 bridgehead atoms. The Morgan fingerprint density at radius 1 is 1.15 bits per heavy atom. The van der Waals surface area contributed by atoms with Gasteiger partial charge in [0.05, 0.1) is 29.0 Å². The molecular weight excluding hydrogens is 441 g/mol. The average Bonchev–Trinajstić information content (AvgIpc) is 3.23. The Bertz CT molecular complexity index is 1180. The molecule has 0 radical (unpaired) electrons. The monoisotopic (exact) mass is 465 g/mol. The predicted octanol–water partition coefficient (Wildman–Crippen LogP) is 4.41. The summed E-state index contributed by atoms with van der Waals surface area (Å²) in [5, 5.41) is 20.8. The summed E-state index contributed by atoms with van der Waals surface area (Å²) in [5.74, 6) is -0.545. The third-order valence-corrected chi connectivity index (χ3v) is 6.05. The molecule has 1 aromatic heterocycles. The van der Waals surface area contributed by atoms with E-state index in [4.69, 9.17) is 5.26 Å². The molecule has 0 aliphatic rings. The van der Waals surface area contributed by atoms with Crippen LogP contribution in [0.2, 0.25) is 0 Å². The summed E-state index contributed by atoms with van der Waals surface area (Å²) in [6.07, 6.45) is 0. The van der Waals surface area contributed by atoms with Crippen molar-refractivity contribution in [3.63, 3.8) is 0 Å². The van der Waals surface area contributed by atoms with Crippen LogP contribution in [0, 0.1) is 23.1 Å². The van der Waals surface area contributed by atoms with Gasteiger partial charge in [-0.1, -0.05) is 49.9 Å². The molecule has 9 heteroatoms. The molecule has 0 aliphatic heterocycles. The molecule has 0 saturated carbocycles. The van der Waals surface area contributed by atoms with E-state index >= 15 is 0 Å². The number of ketones is 1. The van der Waals surface area contributed by atoms with E-state index in [1.54, 1.807) is 30.3 Å². The summed E-state index contributed by atoms with van der Waals surface area (Å²) in [7, 11) is 0. The number of nitrogens with one attached hydrogen (secondary N) is 1. The van der Waals surface area contributed by atoms with Crippen LogP contribution in [0.5, 0.6) is 0 Å². The molecule has 170 valence electrons. The number of Topliss-reactive ketones (excluding diaryl/α,β-unsaturated/α-hetero) is 1. The fourth-order valence-electron chi connectivity index (χ4n) is 3.27. The first-order valence-electron chi connectivity index (χ1n) is 10.5. The summed E-state index contributed by atoms with van der Waals surface area (Å²) in [6, 6.07) is 13.8. The van der Waals surface area contributed by atoms with Crippen LogP contribution >= 0.6 is 11.8 Å². The highest BCUT2D eigenvalue weighted by Gasteiger charge is 2.27. The maximum atomic E-state index is 14.1. The van der Waals surface area contributed by atoms with E-state index in [0.717, 1.165) is 0 Å². The van der Waals surface area contributed by atoms with Gasteiger partial charge in [0.25, 0.3) is 5.91 Å². The Hall–Kier alpha value is -3.51. The Balaban J connectivity index is 1.77. The van der Waals surface area contributed by atoms with Gasteiger partial charge in [-0.25, -0.2) is 4.39 Å². The highest BCUT2D eigenvalue weighted by Crippen LogP contribution is 2.26. The molecule has 0 spiro atoms. The van der Waals surface area contributed by atoms with E-state index in [-0.39, 0.29) is 23.0 Å². The number of aromatic nitrogens is 3. The first kappa shape index (κ1) is 24.1. The average molecular weight is 466 g/mol. The van der Waals surface area contributed by atoms with Crippen LogP contribution in [-0.2, 0) is 6.54 Å². The lowest BCUT2D eigenvalue weighted by atomic mass is 10.0. The van der Waals surface area contributed by atoms with Gasteiger partial charge in [-0.3, -0.25) is 9.59 Å². The zero-order chi connectivity index (χ0) is 24.0. The van der Waals surface area contributed by atoms with Crippen molar-refractivity contribution < 1.29 is 14.0 Å². The van der Waals surface area contributed by atoms with Crippen LogP contribution in [0.15, 0.2) is 53.7 Å². The standard InChI is InChI=1S/C24H24FN5O2S/c1-4-30-22(21(15(2)3)27-23(32)18-7-5-6-8-19(18)25)28-29-24(30)33-14-20(31)17-11-9-16(13-26)10-12-17/h5-12,15,21H,4,14H2,1-3H3,(H,27,32)/t21-/m1/s1. The SMILES string of the molecule is CCn1c(SCC(=O)c2ccc(C#N)cc2)nnc1[C@H](NC(=O)c1ccccc1F)C(C)C. The second-order valence-electron chi connectivity index (χ2n) is 7.66. The molecule has 3 rings (SSSR count). The molecule has 0 unspecified atom stereocenters. The highest BCUT2D eigenvalue weighted by atomic mass is 32.2. The van der Waals surface area contributed by atoms with Crippen LogP contribution in [0.4, 0.5) is 4.39 Å². The van der Waals surface area contributed by atoms with Crippen molar-refractivity contribution in [3.05, 3.63) is 76.9 Å². The van der Waals surface area contributed by atoms with Gasteiger partial charge in [0.2, 0.25) is 0 Å². The van der Waals surface area contributed by atoms with E-state index in [1.165, 1.54) is 30.0 Å². The van der Waals surface area contributed by atoms with Crippen molar-refractivity contribution in [2.45, 2.75) is 38.5 Å². The fourth-order valence-corrected chi connectivity index (χ4v) is 4.18. The number of hydrogen-bond acceptors (Lipinski definition) is 6. The number of carbonyl (C=O) groups excluding carboxylic acids is 2. The number of thioether (sulfide) groups is 1. The second kappa shape index (κ2) is 10.9. The first-order valence-corrected chi connectivity index (χ1v) is 11.5. The molecule has 0 saturated heterocycles. The number of nitriles is 1. The molecule has 0 fully saturated rings. The van der Waals surface area contributed by atoms with E-state index in [2.05, 4.69) is 15.5 Å².